The van der Waals surface area contributed by atoms with E-state index in [9.17, 15) is 10.1 Å². The molecule has 0 amide bonds. The van der Waals surface area contributed by atoms with E-state index in [1.165, 1.54) is 40.2 Å². The van der Waals surface area contributed by atoms with Gasteiger partial charge >= 0.3 is 5.97 Å². The van der Waals surface area contributed by atoms with Crippen molar-refractivity contribution in [1.29, 1.82) is 5.26 Å². The zero-order valence-corrected chi connectivity index (χ0v) is 16.9. The summed E-state index contributed by atoms with van der Waals surface area (Å²) in [6.45, 7) is 1.78. The van der Waals surface area contributed by atoms with Gasteiger partial charge in [0, 0.05) is 5.70 Å². The van der Waals surface area contributed by atoms with Crippen molar-refractivity contribution in [3.63, 3.8) is 0 Å². The Morgan fingerprint density at radius 3 is 2.15 bits per heavy atom. The van der Waals surface area contributed by atoms with Crippen LogP contribution in [0.3, 0.4) is 0 Å². The normalized spacial score (nSPS) is 16.4. The lowest BCUT2D eigenvalue weighted by Gasteiger charge is -2.29. The summed E-state index contributed by atoms with van der Waals surface area (Å²) in [6, 6.07) is 5.71. The summed E-state index contributed by atoms with van der Waals surface area (Å²) in [7, 11) is 5.86. The van der Waals surface area contributed by atoms with Crippen LogP contribution >= 0.6 is 11.8 Å². The quantitative estimate of drug-likeness (QED) is 0.742. The maximum atomic E-state index is 12.5. The molecule has 2 rings (SSSR count). The Balaban J connectivity index is 2.80. The van der Waals surface area contributed by atoms with Gasteiger partial charge in [-0.05, 0) is 30.9 Å². The van der Waals surface area contributed by atoms with Crippen LogP contribution in [0.2, 0.25) is 0 Å². The van der Waals surface area contributed by atoms with Crippen molar-refractivity contribution in [2.24, 2.45) is 0 Å². The monoisotopic (exact) mass is 390 g/mol. The third kappa shape index (κ3) is 3.69. The Morgan fingerprint density at radius 2 is 1.74 bits per heavy atom. The number of nitrogens with zero attached hydrogens (tertiary/aromatic N) is 1. The van der Waals surface area contributed by atoms with E-state index in [1.807, 2.05) is 6.26 Å². The lowest BCUT2D eigenvalue weighted by atomic mass is 9.82. The van der Waals surface area contributed by atoms with E-state index in [0.29, 0.717) is 44.7 Å². The fourth-order valence-corrected chi connectivity index (χ4v) is 3.69. The Kier molecular flexibility index (Phi) is 6.64. The molecule has 1 atom stereocenters. The number of rotatable bonds is 6. The maximum Gasteiger partial charge on any atom is 0.336 e. The first-order valence-corrected chi connectivity index (χ1v) is 9.24. The number of hydrogen-bond acceptors (Lipinski definition) is 8. The first kappa shape index (κ1) is 20.5. The largest absolute Gasteiger partial charge is 0.493 e. The number of methoxy groups -OCH3 is 4. The van der Waals surface area contributed by atoms with Gasteiger partial charge in [0.2, 0.25) is 5.75 Å². The molecule has 1 aliphatic heterocycles. The molecule has 1 N–H and O–H groups in total. The number of ether oxygens (including phenoxy) is 4. The molecule has 1 heterocycles. The smallest absolute Gasteiger partial charge is 0.336 e. The minimum absolute atomic E-state index is 0.362. The fourth-order valence-electron chi connectivity index (χ4n) is 3.06. The predicted molar refractivity (Wildman–Crippen MR) is 103 cm³/mol. The van der Waals surface area contributed by atoms with Crippen molar-refractivity contribution in [3.8, 4) is 23.3 Å². The number of benzene rings is 1. The lowest BCUT2D eigenvalue weighted by molar-refractivity contribution is -0.136. The number of carbonyl (C=O) groups is 1. The van der Waals surface area contributed by atoms with E-state index >= 15 is 0 Å². The second-order valence-corrected chi connectivity index (χ2v) is 6.42. The van der Waals surface area contributed by atoms with E-state index in [-0.39, 0.29) is 0 Å². The zero-order valence-electron chi connectivity index (χ0n) is 16.1. The summed E-state index contributed by atoms with van der Waals surface area (Å²) in [5.74, 6) is 0.183. The minimum atomic E-state index is -0.625. The molecule has 0 aliphatic carbocycles. The first-order chi connectivity index (χ1) is 13.0. The number of nitrogens with one attached hydrogen (secondary N) is 1. The minimum Gasteiger partial charge on any atom is -0.493 e. The highest BCUT2D eigenvalue weighted by Gasteiger charge is 2.36. The fraction of sp³-hybridized carbons (Fsp3) is 0.368. The number of hydrogen-bond donors (Lipinski definition) is 1. The summed E-state index contributed by atoms with van der Waals surface area (Å²) in [6.07, 6.45) is 1.86. The van der Waals surface area contributed by atoms with Crippen LogP contribution < -0.4 is 19.5 Å². The second-order valence-electron chi connectivity index (χ2n) is 5.61. The lowest BCUT2D eigenvalue weighted by Crippen LogP contribution is -2.28. The standard InChI is InChI=1S/C19H22N2O5S/c1-10-15(19(22)26-5)16(12(9-20)18(21-10)27-6)11-7-13(23-2)17(25-4)14(8-11)24-3/h7-8,16,21H,1-6H3/t16-/m1/s1. The third-order valence-electron chi connectivity index (χ3n) is 4.28. The molecule has 0 saturated carbocycles. The van der Waals surface area contributed by atoms with Crippen LogP contribution in [-0.4, -0.2) is 40.7 Å². The Hall–Kier alpha value is -2.79. The molecular weight excluding hydrogens is 368 g/mol. The van der Waals surface area contributed by atoms with Gasteiger partial charge < -0.3 is 24.3 Å². The van der Waals surface area contributed by atoms with Crippen molar-refractivity contribution in [2.45, 2.75) is 12.8 Å². The van der Waals surface area contributed by atoms with Crippen LogP contribution in [0.1, 0.15) is 18.4 Å². The number of thioether (sulfide) groups is 1. The van der Waals surface area contributed by atoms with E-state index < -0.39 is 11.9 Å². The van der Waals surface area contributed by atoms with Gasteiger partial charge in [0.05, 0.1) is 56.6 Å². The van der Waals surface area contributed by atoms with Gasteiger partial charge in [0.15, 0.2) is 11.5 Å². The zero-order chi connectivity index (χ0) is 20.1. The van der Waals surface area contributed by atoms with Crippen molar-refractivity contribution >= 4 is 17.7 Å². The van der Waals surface area contributed by atoms with Gasteiger partial charge in [-0.1, -0.05) is 0 Å². The summed E-state index contributed by atoms with van der Waals surface area (Å²) in [5.41, 5.74) is 2.07. The predicted octanol–water partition coefficient (Wildman–Crippen LogP) is 2.94. The summed E-state index contributed by atoms with van der Waals surface area (Å²) in [5, 5.41) is 13.6. The molecule has 7 nitrogen and oxygen atoms in total. The van der Waals surface area contributed by atoms with E-state index in [4.69, 9.17) is 18.9 Å². The number of nitriles is 1. The van der Waals surface area contributed by atoms with Crippen LogP contribution in [0.25, 0.3) is 0 Å². The van der Waals surface area contributed by atoms with Gasteiger partial charge in [-0.3, -0.25) is 0 Å². The molecule has 0 saturated heterocycles. The van der Waals surface area contributed by atoms with Gasteiger partial charge in [-0.2, -0.15) is 5.26 Å². The first-order valence-electron chi connectivity index (χ1n) is 8.01. The number of esters is 1. The topological polar surface area (TPSA) is 89.8 Å². The number of dihydropyridines is 1. The van der Waals surface area contributed by atoms with Crippen LogP contribution in [0, 0.1) is 11.3 Å². The Morgan fingerprint density at radius 1 is 1.15 bits per heavy atom. The van der Waals surface area contributed by atoms with Crippen LogP contribution in [0.4, 0.5) is 0 Å². The molecule has 0 radical (unpaired) electrons. The third-order valence-corrected chi connectivity index (χ3v) is 5.01. The molecule has 1 aromatic carbocycles. The van der Waals surface area contributed by atoms with Crippen LogP contribution in [-0.2, 0) is 9.53 Å². The molecule has 0 unspecified atom stereocenters. The van der Waals surface area contributed by atoms with Gasteiger partial charge in [0.25, 0.3) is 0 Å². The molecular formula is C19H22N2O5S. The molecule has 8 heteroatoms. The van der Waals surface area contributed by atoms with E-state index in [0.717, 1.165) is 0 Å². The van der Waals surface area contributed by atoms with Gasteiger partial charge in [-0.25, -0.2) is 4.79 Å². The molecule has 0 aromatic heterocycles. The van der Waals surface area contributed by atoms with E-state index in [2.05, 4.69) is 11.4 Å². The van der Waals surface area contributed by atoms with Crippen molar-refractivity contribution in [2.75, 3.05) is 34.7 Å². The SMILES string of the molecule is COC(=O)C1=C(C)NC(SC)=C(C#N)[C@H]1c1cc(OC)c(OC)c(OC)c1. The summed E-state index contributed by atoms with van der Waals surface area (Å²) < 4.78 is 21.2. The molecule has 1 aromatic rings. The molecule has 27 heavy (non-hydrogen) atoms. The highest BCUT2D eigenvalue weighted by atomic mass is 32.2. The number of allylic oxidation sites excluding steroid dienone is 2. The maximum absolute atomic E-state index is 12.5. The molecule has 1 aliphatic rings. The number of carbonyl (C=O) groups excluding carboxylic acids is 1. The van der Waals surface area contributed by atoms with Crippen molar-refractivity contribution < 1.29 is 23.7 Å². The Bertz CT molecular complexity index is 829. The van der Waals surface area contributed by atoms with Gasteiger partial charge in [-0.15, -0.1) is 11.8 Å². The van der Waals surface area contributed by atoms with Crippen LogP contribution in [0.15, 0.2) is 34.0 Å². The van der Waals surface area contributed by atoms with Crippen molar-refractivity contribution in [1.82, 2.24) is 5.32 Å². The molecule has 144 valence electrons. The van der Waals surface area contributed by atoms with Crippen LogP contribution in [0.5, 0.6) is 17.2 Å². The van der Waals surface area contributed by atoms with E-state index in [1.54, 1.807) is 19.1 Å². The molecule has 0 fully saturated rings. The Labute approximate surface area is 162 Å². The second kappa shape index (κ2) is 8.73. The van der Waals surface area contributed by atoms with Gasteiger partial charge in [0.1, 0.15) is 0 Å². The molecule has 0 spiro atoms. The average molecular weight is 390 g/mol. The highest BCUT2D eigenvalue weighted by Crippen LogP contribution is 2.46. The van der Waals surface area contributed by atoms with Crippen molar-refractivity contribution in [3.05, 3.63) is 39.6 Å². The summed E-state index contributed by atoms with van der Waals surface area (Å²) >= 11 is 1.40. The molecule has 0 bridgehead atoms. The highest BCUT2D eigenvalue weighted by molar-refractivity contribution is 8.02. The summed E-state index contributed by atoms with van der Waals surface area (Å²) in [4.78, 5) is 12.5. The average Bonchev–Trinajstić information content (AvgIpc) is 2.70.